The van der Waals surface area contributed by atoms with Gasteiger partial charge in [0.2, 0.25) is 0 Å². The van der Waals surface area contributed by atoms with E-state index in [2.05, 4.69) is 15.3 Å². The van der Waals surface area contributed by atoms with Gasteiger partial charge in [0.15, 0.2) is 0 Å². The number of aromatic nitrogens is 2. The van der Waals surface area contributed by atoms with E-state index in [0.29, 0.717) is 47.2 Å². The van der Waals surface area contributed by atoms with E-state index < -0.39 is 17.8 Å². The summed E-state index contributed by atoms with van der Waals surface area (Å²) in [7, 11) is 0. The van der Waals surface area contributed by atoms with Gasteiger partial charge in [0.1, 0.15) is 17.3 Å². The molecule has 0 saturated carbocycles. The molecule has 1 amide bonds. The van der Waals surface area contributed by atoms with Crippen LogP contribution < -0.4 is 11.1 Å². The molecule has 3 aromatic rings. The van der Waals surface area contributed by atoms with Crippen LogP contribution in [-0.4, -0.2) is 40.8 Å². The van der Waals surface area contributed by atoms with Crippen LogP contribution in [0.3, 0.4) is 0 Å². The van der Waals surface area contributed by atoms with Crippen molar-refractivity contribution >= 4 is 28.9 Å². The lowest BCUT2D eigenvalue weighted by Crippen LogP contribution is -2.31. The third kappa shape index (κ3) is 5.19. The van der Waals surface area contributed by atoms with Crippen LogP contribution in [-0.2, 0) is 4.74 Å². The van der Waals surface area contributed by atoms with Gasteiger partial charge in [0, 0.05) is 10.6 Å². The maximum Gasteiger partial charge on any atom is 0.254 e. The van der Waals surface area contributed by atoms with E-state index in [1.54, 1.807) is 36.5 Å². The third-order valence-electron chi connectivity index (χ3n) is 5.32. The summed E-state index contributed by atoms with van der Waals surface area (Å²) < 4.78 is 20.3. The quantitative estimate of drug-likeness (QED) is 0.507. The van der Waals surface area contributed by atoms with Crippen molar-refractivity contribution < 1.29 is 19.0 Å². The van der Waals surface area contributed by atoms with E-state index in [0.717, 1.165) is 5.57 Å². The van der Waals surface area contributed by atoms with Gasteiger partial charge in [-0.1, -0.05) is 35.9 Å². The van der Waals surface area contributed by atoms with E-state index >= 15 is 0 Å². The first-order valence-corrected chi connectivity index (χ1v) is 10.7. The van der Waals surface area contributed by atoms with Gasteiger partial charge < -0.3 is 20.9 Å². The van der Waals surface area contributed by atoms with Gasteiger partial charge >= 0.3 is 0 Å². The summed E-state index contributed by atoms with van der Waals surface area (Å²) >= 11 is 5.99. The number of rotatable bonds is 6. The molecule has 33 heavy (non-hydrogen) atoms. The summed E-state index contributed by atoms with van der Waals surface area (Å²) in [6.07, 6.45) is 4.21. The molecule has 1 unspecified atom stereocenters. The molecule has 0 bridgehead atoms. The van der Waals surface area contributed by atoms with Crippen molar-refractivity contribution in [3.8, 4) is 11.3 Å². The molecule has 4 rings (SSSR count). The number of hydrogen-bond donors (Lipinski definition) is 3. The second kappa shape index (κ2) is 10.1. The lowest BCUT2D eigenvalue weighted by atomic mass is 10.0. The predicted molar refractivity (Wildman–Crippen MR) is 124 cm³/mol. The standard InChI is InChI=1S/C24H22ClFN4O3/c25-17-3-1-2-15(10-17)21(13-31)30-24(32)18-5-4-16(11-19(18)26)22-23(27)28-12-20(29-22)14-6-8-33-9-7-14/h1-6,10-12,21,31H,7-9,13H2,(H2,27,28)(H,30,32). The van der Waals surface area contributed by atoms with Crippen LogP contribution in [0.5, 0.6) is 0 Å². The van der Waals surface area contributed by atoms with E-state index in [4.69, 9.17) is 22.1 Å². The summed E-state index contributed by atoms with van der Waals surface area (Å²) in [6.45, 7) is 0.723. The number of nitrogens with one attached hydrogen (secondary N) is 1. The molecule has 1 aliphatic heterocycles. The highest BCUT2D eigenvalue weighted by Crippen LogP contribution is 2.28. The monoisotopic (exact) mass is 468 g/mol. The Morgan fingerprint density at radius 3 is 2.85 bits per heavy atom. The number of hydrogen-bond acceptors (Lipinski definition) is 6. The largest absolute Gasteiger partial charge is 0.394 e. The van der Waals surface area contributed by atoms with Gasteiger partial charge in [-0.25, -0.2) is 14.4 Å². The second-order valence-electron chi connectivity index (χ2n) is 7.50. The van der Waals surface area contributed by atoms with Crippen LogP contribution >= 0.6 is 11.6 Å². The Morgan fingerprint density at radius 1 is 1.30 bits per heavy atom. The normalized spacial score (nSPS) is 14.5. The molecule has 4 N–H and O–H groups in total. The number of aliphatic hydroxyl groups is 1. The summed E-state index contributed by atoms with van der Waals surface area (Å²) in [4.78, 5) is 21.5. The molecule has 2 aromatic carbocycles. The summed E-state index contributed by atoms with van der Waals surface area (Å²) in [5.74, 6) is -1.26. The van der Waals surface area contributed by atoms with Gasteiger partial charge in [-0.05, 0) is 41.8 Å². The minimum Gasteiger partial charge on any atom is -0.394 e. The van der Waals surface area contributed by atoms with Gasteiger partial charge in [0.05, 0.1) is 43.3 Å². The van der Waals surface area contributed by atoms with Crippen molar-refractivity contribution in [3.05, 3.63) is 82.4 Å². The number of ether oxygens (including phenoxy) is 1. The molecule has 0 radical (unpaired) electrons. The van der Waals surface area contributed by atoms with Crippen molar-refractivity contribution in [2.75, 3.05) is 25.6 Å². The lowest BCUT2D eigenvalue weighted by Gasteiger charge is -2.17. The maximum absolute atomic E-state index is 14.9. The summed E-state index contributed by atoms with van der Waals surface area (Å²) in [5, 5.41) is 12.8. The third-order valence-corrected chi connectivity index (χ3v) is 5.55. The summed E-state index contributed by atoms with van der Waals surface area (Å²) in [5.41, 5.74) is 8.81. The Kier molecular flexibility index (Phi) is 6.98. The number of benzene rings is 2. The topological polar surface area (TPSA) is 110 Å². The zero-order valence-electron chi connectivity index (χ0n) is 17.6. The SMILES string of the molecule is Nc1ncc(C2=CCOCC2)nc1-c1ccc(C(=O)NC(CO)c2cccc(Cl)c2)c(F)c1. The molecule has 9 heteroatoms. The minimum atomic E-state index is -0.746. The van der Waals surface area contributed by atoms with Crippen LogP contribution in [0.2, 0.25) is 5.02 Å². The molecule has 0 aliphatic carbocycles. The Balaban J connectivity index is 1.58. The first-order valence-electron chi connectivity index (χ1n) is 10.3. The highest BCUT2D eigenvalue weighted by Gasteiger charge is 2.20. The Labute approximate surface area is 195 Å². The minimum absolute atomic E-state index is 0.157. The number of nitrogens with zero attached hydrogens (tertiary/aromatic N) is 2. The van der Waals surface area contributed by atoms with Crippen molar-refractivity contribution in [1.29, 1.82) is 0 Å². The average molecular weight is 469 g/mol. The van der Waals surface area contributed by atoms with E-state index in [1.165, 1.54) is 12.1 Å². The molecule has 1 aliphatic rings. The van der Waals surface area contributed by atoms with E-state index in [1.807, 2.05) is 6.08 Å². The Morgan fingerprint density at radius 2 is 2.15 bits per heavy atom. The van der Waals surface area contributed by atoms with Crippen LogP contribution in [0.1, 0.15) is 34.1 Å². The zero-order valence-corrected chi connectivity index (χ0v) is 18.3. The number of aliphatic hydroxyl groups excluding tert-OH is 1. The zero-order chi connectivity index (χ0) is 23.4. The van der Waals surface area contributed by atoms with Gasteiger partial charge in [0.25, 0.3) is 5.91 Å². The molecule has 170 valence electrons. The molecule has 0 fully saturated rings. The first kappa shape index (κ1) is 22.8. The lowest BCUT2D eigenvalue weighted by molar-refractivity contribution is 0.0912. The fraction of sp³-hybridized carbons (Fsp3) is 0.208. The second-order valence-corrected chi connectivity index (χ2v) is 7.94. The van der Waals surface area contributed by atoms with Crippen molar-refractivity contribution in [2.45, 2.75) is 12.5 Å². The predicted octanol–water partition coefficient (Wildman–Crippen LogP) is 3.79. The first-order chi connectivity index (χ1) is 16.0. The molecule has 7 nitrogen and oxygen atoms in total. The van der Waals surface area contributed by atoms with Gasteiger partial charge in [-0.2, -0.15) is 0 Å². The smallest absolute Gasteiger partial charge is 0.254 e. The number of amides is 1. The van der Waals surface area contributed by atoms with Crippen LogP contribution in [0, 0.1) is 5.82 Å². The molecular formula is C24H22ClFN4O3. The number of anilines is 1. The number of nitrogens with two attached hydrogens (primary N) is 1. The molecule has 1 atom stereocenters. The van der Waals surface area contributed by atoms with Gasteiger partial charge in [-0.3, -0.25) is 4.79 Å². The average Bonchev–Trinajstić information content (AvgIpc) is 2.83. The number of nitrogen functional groups attached to an aromatic ring is 1. The maximum atomic E-state index is 14.9. The highest BCUT2D eigenvalue weighted by molar-refractivity contribution is 6.30. The molecule has 0 spiro atoms. The molecular weight excluding hydrogens is 447 g/mol. The molecule has 0 saturated heterocycles. The van der Waals surface area contributed by atoms with Crippen LogP contribution in [0.25, 0.3) is 16.8 Å². The highest BCUT2D eigenvalue weighted by atomic mass is 35.5. The number of halogens is 2. The Hall–Kier alpha value is -3.33. The fourth-order valence-corrected chi connectivity index (χ4v) is 3.76. The van der Waals surface area contributed by atoms with Crippen molar-refractivity contribution in [3.63, 3.8) is 0 Å². The van der Waals surface area contributed by atoms with Crippen molar-refractivity contribution in [2.24, 2.45) is 0 Å². The molecule has 2 heterocycles. The molecule has 1 aromatic heterocycles. The van der Waals surface area contributed by atoms with Crippen molar-refractivity contribution in [1.82, 2.24) is 15.3 Å². The van der Waals surface area contributed by atoms with E-state index in [9.17, 15) is 14.3 Å². The fourth-order valence-electron chi connectivity index (χ4n) is 3.57. The van der Waals surface area contributed by atoms with Crippen LogP contribution in [0.4, 0.5) is 10.2 Å². The number of carbonyl (C=O) groups excluding carboxylic acids is 1. The van der Waals surface area contributed by atoms with E-state index in [-0.39, 0.29) is 18.0 Å². The van der Waals surface area contributed by atoms with Crippen LogP contribution in [0.15, 0.2) is 54.7 Å². The van der Waals surface area contributed by atoms with Gasteiger partial charge in [-0.15, -0.1) is 0 Å². The Bertz CT molecular complexity index is 1220. The summed E-state index contributed by atoms with van der Waals surface area (Å²) in [6, 6.07) is 10.1. The number of carbonyl (C=O) groups is 1.